The van der Waals surface area contributed by atoms with Crippen LogP contribution < -0.4 is 9.47 Å². The first kappa shape index (κ1) is 12.2. The van der Waals surface area contributed by atoms with Crippen LogP contribution in [0, 0.1) is 6.92 Å². The molecule has 2 aromatic carbocycles. The summed E-state index contributed by atoms with van der Waals surface area (Å²) in [6, 6.07) is 14.3. The number of carbonyl (C=O) groups excluding carboxylic acids is 1. The molecule has 0 heterocycles. The minimum Gasteiger partial charge on any atom is -0.493 e. The molecular formula is C15H14O3. The van der Waals surface area contributed by atoms with E-state index in [1.807, 2.05) is 25.1 Å². The van der Waals surface area contributed by atoms with Crippen molar-refractivity contribution < 1.29 is 14.3 Å². The second-order valence-electron chi connectivity index (χ2n) is 3.91. The van der Waals surface area contributed by atoms with Gasteiger partial charge < -0.3 is 9.47 Å². The van der Waals surface area contributed by atoms with Gasteiger partial charge in [-0.1, -0.05) is 24.3 Å². The van der Waals surface area contributed by atoms with E-state index >= 15 is 0 Å². The van der Waals surface area contributed by atoms with E-state index in [1.54, 1.807) is 37.4 Å². The number of hydrogen-bond acceptors (Lipinski definition) is 3. The van der Waals surface area contributed by atoms with E-state index in [1.165, 1.54) is 0 Å². The minimum atomic E-state index is -0.391. The van der Waals surface area contributed by atoms with Crippen molar-refractivity contribution in [1.29, 1.82) is 0 Å². The quantitative estimate of drug-likeness (QED) is 0.612. The summed E-state index contributed by atoms with van der Waals surface area (Å²) in [7, 11) is 1.55. The molecule has 0 saturated carbocycles. The van der Waals surface area contributed by atoms with Gasteiger partial charge >= 0.3 is 5.97 Å². The van der Waals surface area contributed by atoms with E-state index in [2.05, 4.69) is 0 Å². The van der Waals surface area contributed by atoms with Gasteiger partial charge in [0.05, 0.1) is 12.7 Å². The van der Waals surface area contributed by atoms with Gasteiger partial charge in [0.15, 0.2) is 11.5 Å². The Labute approximate surface area is 106 Å². The number of aryl methyl sites for hydroxylation is 1. The van der Waals surface area contributed by atoms with Crippen molar-refractivity contribution in [3.63, 3.8) is 0 Å². The van der Waals surface area contributed by atoms with E-state index < -0.39 is 5.97 Å². The lowest BCUT2D eigenvalue weighted by atomic mass is 10.2. The standard InChI is InChI=1S/C15H14O3/c1-11-8-9-13(14(10-11)17-2)18-15(16)12-6-4-3-5-7-12/h3-10H,1-2H3. The Balaban J connectivity index is 2.22. The van der Waals surface area contributed by atoms with Crippen molar-refractivity contribution in [3.8, 4) is 11.5 Å². The fourth-order valence-corrected chi connectivity index (χ4v) is 1.59. The van der Waals surface area contributed by atoms with Crippen LogP contribution in [0.2, 0.25) is 0 Å². The lowest BCUT2D eigenvalue weighted by Gasteiger charge is -2.09. The summed E-state index contributed by atoms with van der Waals surface area (Å²) in [4.78, 5) is 11.9. The van der Waals surface area contributed by atoms with Gasteiger partial charge in [0, 0.05) is 0 Å². The van der Waals surface area contributed by atoms with E-state index in [0.29, 0.717) is 17.1 Å². The summed E-state index contributed by atoms with van der Waals surface area (Å²) in [6.45, 7) is 1.95. The van der Waals surface area contributed by atoms with Crippen LogP contribution in [0.25, 0.3) is 0 Å². The Bertz CT molecular complexity index is 547. The predicted octanol–water partition coefficient (Wildman–Crippen LogP) is 3.22. The van der Waals surface area contributed by atoms with Gasteiger partial charge in [-0.15, -0.1) is 0 Å². The fourth-order valence-electron chi connectivity index (χ4n) is 1.59. The molecule has 2 aromatic rings. The van der Waals surface area contributed by atoms with Crippen LogP contribution in [0.1, 0.15) is 15.9 Å². The molecule has 0 spiro atoms. The molecular weight excluding hydrogens is 228 g/mol. The molecule has 0 saturated heterocycles. The zero-order chi connectivity index (χ0) is 13.0. The smallest absolute Gasteiger partial charge is 0.343 e. The molecule has 0 aliphatic carbocycles. The number of rotatable bonds is 3. The van der Waals surface area contributed by atoms with Gasteiger partial charge in [0.1, 0.15) is 0 Å². The lowest BCUT2D eigenvalue weighted by Crippen LogP contribution is -2.09. The molecule has 0 bridgehead atoms. The van der Waals surface area contributed by atoms with Crippen LogP contribution in [0.15, 0.2) is 48.5 Å². The molecule has 0 atom stereocenters. The molecule has 0 aliphatic heterocycles. The highest BCUT2D eigenvalue weighted by Gasteiger charge is 2.11. The highest BCUT2D eigenvalue weighted by atomic mass is 16.6. The first-order valence-corrected chi connectivity index (χ1v) is 5.62. The van der Waals surface area contributed by atoms with E-state index in [4.69, 9.17) is 9.47 Å². The molecule has 18 heavy (non-hydrogen) atoms. The highest BCUT2D eigenvalue weighted by molar-refractivity contribution is 5.91. The second-order valence-corrected chi connectivity index (χ2v) is 3.91. The number of benzene rings is 2. The second kappa shape index (κ2) is 5.36. The van der Waals surface area contributed by atoms with Crippen LogP contribution in [0.5, 0.6) is 11.5 Å². The number of ether oxygens (including phenoxy) is 2. The van der Waals surface area contributed by atoms with Gasteiger partial charge in [-0.05, 0) is 36.8 Å². The first-order chi connectivity index (χ1) is 8.70. The molecule has 0 N–H and O–H groups in total. The zero-order valence-corrected chi connectivity index (χ0v) is 10.3. The van der Waals surface area contributed by atoms with Crippen molar-refractivity contribution in [1.82, 2.24) is 0 Å². The first-order valence-electron chi connectivity index (χ1n) is 5.62. The minimum absolute atomic E-state index is 0.391. The van der Waals surface area contributed by atoms with Crippen LogP contribution in [-0.4, -0.2) is 13.1 Å². The lowest BCUT2D eigenvalue weighted by molar-refractivity contribution is 0.0729. The van der Waals surface area contributed by atoms with Crippen LogP contribution >= 0.6 is 0 Å². The maximum absolute atomic E-state index is 11.9. The Hall–Kier alpha value is -2.29. The van der Waals surface area contributed by atoms with Gasteiger partial charge in [0.2, 0.25) is 0 Å². The SMILES string of the molecule is COc1cc(C)ccc1OC(=O)c1ccccc1. The highest BCUT2D eigenvalue weighted by Crippen LogP contribution is 2.28. The van der Waals surface area contributed by atoms with Gasteiger partial charge in [-0.25, -0.2) is 4.79 Å². The molecule has 0 amide bonds. The Kier molecular flexibility index (Phi) is 3.63. The molecule has 3 nitrogen and oxygen atoms in total. The maximum atomic E-state index is 11.9. The summed E-state index contributed by atoms with van der Waals surface area (Å²) < 4.78 is 10.5. The Morgan fingerprint density at radius 2 is 1.72 bits per heavy atom. The van der Waals surface area contributed by atoms with Crippen LogP contribution in [0.3, 0.4) is 0 Å². The molecule has 0 unspecified atom stereocenters. The topological polar surface area (TPSA) is 35.5 Å². The average molecular weight is 242 g/mol. The van der Waals surface area contributed by atoms with Crippen molar-refractivity contribution in [3.05, 3.63) is 59.7 Å². The van der Waals surface area contributed by atoms with Crippen molar-refractivity contribution in [2.45, 2.75) is 6.92 Å². The number of carbonyl (C=O) groups is 1. The van der Waals surface area contributed by atoms with Gasteiger partial charge in [0.25, 0.3) is 0 Å². The summed E-state index contributed by atoms with van der Waals surface area (Å²) in [5.41, 5.74) is 1.56. The molecule has 92 valence electrons. The number of esters is 1. The van der Waals surface area contributed by atoms with Crippen molar-refractivity contribution in [2.75, 3.05) is 7.11 Å². The number of methoxy groups -OCH3 is 1. The predicted molar refractivity (Wildman–Crippen MR) is 69.1 cm³/mol. The van der Waals surface area contributed by atoms with E-state index in [0.717, 1.165) is 5.56 Å². The third-order valence-corrected chi connectivity index (χ3v) is 2.53. The third-order valence-electron chi connectivity index (χ3n) is 2.53. The maximum Gasteiger partial charge on any atom is 0.343 e. The molecule has 0 fully saturated rings. The Morgan fingerprint density at radius 1 is 1.00 bits per heavy atom. The monoisotopic (exact) mass is 242 g/mol. The van der Waals surface area contributed by atoms with Crippen LogP contribution in [-0.2, 0) is 0 Å². The third kappa shape index (κ3) is 2.69. The summed E-state index contributed by atoms with van der Waals surface area (Å²) in [5, 5.41) is 0. The molecule has 0 radical (unpaired) electrons. The summed E-state index contributed by atoms with van der Waals surface area (Å²) >= 11 is 0. The van der Waals surface area contributed by atoms with E-state index in [9.17, 15) is 4.79 Å². The average Bonchev–Trinajstić information content (AvgIpc) is 2.41. The van der Waals surface area contributed by atoms with Crippen molar-refractivity contribution >= 4 is 5.97 Å². The Morgan fingerprint density at radius 3 is 2.39 bits per heavy atom. The molecule has 0 aromatic heterocycles. The zero-order valence-electron chi connectivity index (χ0n) is 10.3. The largest absolute Gasteiger partial charge is 0.493 e. The molecule has 2 rings (SSSR count). The van der Waals surface area contributed by atoms with Gasteiger partial charge in [-0.3, -0.25) is 0 Å². The molecule has 0 aliphatic rings. The normalized spacial score (nSPS) is 9.89. The molecule has 3 heteroatoms. The van der Waals surface area contributed by atoms with E-state index in [-0.39, 0.29) is 0 Å². The summed E-state index contributed by atoms with van der Waals surface area (Å²) in [6.07, 6.45) is 0. The summed E-state index contributed by atoms with van der Waals surface area (Å²) in [5.74, 6) is 0.592. The fraction of sp³-hybridized carbons (Fsp3) is 0.133. The number of hydrogen-bond donors (Lipinski definition) is 0. The van der Waals surface area contributed by atoms with Crippen molar-refractivity contribution in [2.24, 2.45) is 0 Å². The van der Waals surface area contributed by atoms with Crippen LogP contribution in [0.4, 0.5) is 0 Å². The van der Waals surface area contributed by atoms with Gasteiger partial charge in [-0.2, -0.15) is 0 Å².